The molecule has 2 atom stereocenters. The van der Waals surface area contributed by atoms with Gasteiger partial charge in [0.1, 0.15) is 5.66 Å². The van der Waals surface area contributed by atoms with Gasteiger partial charge in [-0.3, -0.25) is 14.2 Å². The number of rotatable bonds is 15. The second kappa shape index (κ2) is 17.3. The summed E-state index contributed by atoms with van der Waals surface area (Å²) in [5.41, 5.74) is 6.81. The van der Waals surface area contributed by atoms with Gasteiger partial charge in [0.05, 0.1) is 6.61 Å². The molecule has 0 radical (unpaired) electrons. The number of carbonyl (C=O) groups excluding carboxylic acids is 1. The Hall–Kier alpha value is -1.42. The zero-order valence-electron chi connectivity index (χ0n) is 19.7. The van der Waals surface area contributed by atoms with Crippen LogP contribution in [0.4, 0.5) is 0 Å². The van der Waals surface area contributed by atoms with E-state index in [4.69, 9.17) is 9.73 Å². The molecule has 0 saturated carbocycles. The zero-order valence-corrected chi connectivity index (χ0v) is 20.7. The van der Waals surface area contributed by atoms with Gasteiger partial charge < -0.3 is 4.89 Å². The SMILES string of the molecule is CCC(C(=O)NOC/C=C(\C)CC/C=C(\C)CC/C=C(\C)CCC=C(C)C)[PH](=O)O. The highest BCUT2D eigenvalue weighted by Gasteiger charge is 2.21. The van der Waals surface area contributed by atoms with Crippen molar-refractivity contribution in [1.29, 1.82) is 0 Å². The summed E-state index contributed by atoms with van der Waals surface area (Å²) in [5.74, 6) is -0.533. The van der Waals surface area contributed by atoms with Gasteiger partial charge in [-0.05, 0) is 79.6 Å². The maximum Gasteiger partial charge on any atom is 0.256 e. The Morgan fingerprint density at radius 2 is 1.37 bits per heavy atom. The van der Waals surface area contributed by atoms with Crippen LogP contribution in [0.3, 0.4) is 0 Å². The van der Waals surface area contributed by atoms with Crippen LogP contribution in [0.25, 0.3) is 0 Å². The van der Waals surface area contributed by atoms with E-state index in [2.05, 4.69) is 51.4 Å². The van der Waals surface area contributed by atoms with E-state index in [1.165, 1.54) is 22.3 Å². The number of carbonyl (C=O) groups is 1. The highest BCUT2D eigenvalue weighted by atomic mass is 31.1. The lowest BCUT2D eigenvalue weighted by Crippen LogP contribution is -2.32. The Morgan fingerprint density at radius 1 is 0.900 bits per heavy atom. The summed E-state index contributed by atoms with van der Waals surface area (Å²) >= 11 is 0. The predicted molar refractivity (Wildman–Crippen MR) is 128 cm³/mol. The second-order valence-electron chi connectivity index (χ2n) is 8.13. The summed E-state index contributed by atoms with van der Waals surface area (Å²) in [7, 11) is -2.88. The lowest BCUT2D eigenvalue weighted by atomic mass is 10.0. The third-order valence-electron chi connectivity index (χ3n) is 4.86. The lowest BCUT2D eigenvalue weighted by molar-refractivity contribution is -0.132. The van der Waals surface area contributed by atoms with E-state index in [0.29, 0.717) is 6.42 Å². The fourth-order valence-corrected chi connectivity index (χ4v) is 3.46. The lowest BCUT2D eigenvalue weighted by Gasteiger charge is -2.11. The average Bonchev–Trinajstić information content (AvgIpc) is 2.65. The molecule has 2 unspecified atom stereocenters. The van der Waals surface area contributed by atoms with Gasteiger partial charge in [-0.25, -0.2) is 5.48 Å². The molecular weight excluding hydrogens is 397 g/mol. The summed E-state index contributed by atoms with van der Waals surface area (Å²) in [6, 6.07) is 0. The standard InChI is InChI=1S/C24H42NO4P/c1-7-23(30(27)28)24(26)25-29-18-17-22(6)16-10-15-21(5)14-9-13-20(4)12-8-11-19(2)3/h11,13,15,17,23,30H,7-10,12,14,16,18H2,1-6H3,(H,25,26)(H,27,28)/b20-13+,21-15+,22-17+. The van der Waals surface area contributed by atoms with E-state index in [1.54, 1.807) is 6.92 Å². The van der Waals surface area contributed by atoms with Gasteiger partial charge in [-0.15, -0.1) is 0 Å². The minimum Gasteiger partial charge on any atom is -0.346 e. The first-order chi connectivity index (χ1) is 14.2. The molecule has 0 spiro atoms. The van der Waals surface area contributed by atoms with Crippen molar-refractivity contribution in [2.24, 2.45) is 0 Å². The number of hydrogen-bond acceptors (Lipinski definition) is 3. The number of allylic oxidation sites excluding steroid dienone is 7. The van der Waals surface area contributed by atoms with Crippen LogP contribution in [0, 0.1) is 0 Å². The molecule has 2 N–H and O–H groups in total. The Labute approximate surface area is 184 Å². The number of hydrogen-bond donors (Lipinski definition) is 2. The molecular formula is C24H42NO4P. The van der Waals surface area contributed by atoms with Gasteiger partial charge in [0.2, 0.25) is 8.03 Å². The van der Waals surface area contributed by atoms with Crippen LogP contribution in [-0.2, 0) is 14.2 Å². The Kier molecular flexibility index (Phi) is 16.5. The van der Waals surface area contributed by atoms with Crippen molar-refractivity contribution in [1.82, 2.24) is 5.48 Å². The third kappa shape index (κ3) is 15.4. The first-order valence-electron chi connectivity index (χ1n) is 10.9. The van der Waals surface area contributed by atoms with Crippen molar-refractivity contribution in [3.05, 3.63) is 46.6 Å². The molecule has 0 bridgehead atoms. The first-order valence-corrected chi connectivity index (χ1v) is 12.3. The molecule has 172 valence electrons. The van der Waals surface area contributed by atoms with Crippen LogP contribution in [0.1, 0.15) is 86.5 Å². The molecule has 0 aliphatic heterocycles. The molecule has 0 heterocycles. The van der Waals surface area contributed by atoms with E-state index in [1.807, 2.05) is 13.0 Å². The smallest absolute Gasteiger partial charge is 0.256 e. The van der Waals surface area contributed by atoms with Gasteiger partial charge >= 0.3 is 0 Å². The van der Waals surface area contributed by atoms with Crippen LogP contribution in [0.15, 0.2) is 46.6 Å². The van der Waals surface area contributed by atoms with Crippen molar-refractivity contribution in [2.45, 2.75) is 92.1 Å². The molecule has 0 aliphatic carbocycles. The average molecular weight is 440 g/mol. The van der Waals surface area contributed by atoms with Gasteiger partial charge in [-0.1, -0.05) is 53.5 Å². The van der Waals surface area contributed by atoms with Crippen LogP contribution in [-0.4, -0.2) is 23.1 Å². The molecule has 0 aromatic rings. The normalized spacial score (nSPS) is 15.0. The summed E-state index contributed by atoms with van der Waals surface area (Å²) in [6.45, 7) is 12.7. The summed E-state index contributed by atoms with van der Waals surface area (Å²) < 4.78 is 11.1. The van der Waals surface area contributed by atoms with E-state index in [-0.39, 0.29) is 6.61 Å². The van der Waals surface area contributed by atoms with Crippen molar-refractivity contribution in [2.75, 3.05) is 6.61 Å². The molecule has 0 saturated heterocycles. The maximum atomic E-state index is 11.7. The van der Waals surface area contributed by atoms with Crippen molar-refractivity contribution in [3.8, 4) is 0 Å². The Morgan fingerprint density at radius 3 is 1.80 bits per heavy atom. The highest BCUT2D eigenvalue weighted by molar-refractivity contribution is 7.40. The minimum absolute atomic E-state index is 0.250. The molecule has 0 rings (SSSR count). The minimum atomic E-state index is -2.88. The monoisotopic (exact) mass is 439 g/mol. The fraction of sp³-hybridized carbons (Fsp3) is 0.625. The van der Waals surface area contributed by atoms with Crippen molar-refractivity contribution >= 4 is 13.9 Å². The third-order valence-corrected chi connectivity index (χ3v) is 6.13. The fourth-order valence-electron chi connectivity index (χ4n) is 2.83. The molecule has 0 fully saturated rings. The molecule has 30 heavy (non-hydrogen) atoms. The van der Waals surface area contributed by atoms with Gasteiger partial charge in [-0.2, -0.15) is 0 Å². The largest absolute Gasteiger partial charge is 0.346 e. The number of amides is 1. The first kappa shape index (κ1) is 28.6. The number of hydroxylamine groups is 1. The predicted octanol–water partition coefficient (Wildman–Crippen LogP) is 6.43. The summed E-state index contributed by atoms with van der Waals surface area (Å²) in [4.78, 5) is 25.9. The van der Waals surface area contributed by atoms with E-state index < -0.39 is 19.6 Å². The zero-order chi connectivity index (χ0) is 22.9. The van der Waals surface area contributed by atoms with Crippen LogP contribution in [0.5, 0.6) is 0 Å². The molecule has 0 aromatic heterocycles. The van der Waals surface area contributed by atoms with Crippen LogP contribution in [0.2, 0.25) is 0 Å². The van der Waals surface area contributed by atoms with Gasteiger partial charge in [0.15, 0.2) is 0 Å². The molecule has 0 aromatic carbocycles. The molecule has 0 aliphatic rings. The van der Waals surface area contributed by atoms with Crippen LogP contribution >= 0.6 is 8.03 Å². The van der Waals surface area contributed by atoms with E-state index >= 15 is 0 Å². The molecule has 6 heteroatoms. The van der Waals surface area contributed by atoms with E-state index in [9.17, 15) is 9.36 Å². The summed E-state index contributed by atoms with van der Waals surface area (Å²) in [6.07, 6.45) is 15.5. The number of nitrogens with one attached hydrogen (secondary N) is 1. The van der Waals surface area contributed by atoms with Crippen LogP contribution < -0.4 is 5.48 Å². The maximum absolute atomic E-state index is 11.7. The van der Waals surface area contributed by atoms with Gasteiger partial charge in [0.25, 0.3) is 5.91 Å². The summed E-state index contributed by atoms with van der Waals surface area (Å²) in [5, 5.41) is 0. The molecule has 5 nitrogen and oxygen atoms in total. The van der Waals surface area contributed by atoms with Gasteiger partial charge in [0, 0.05) is 0 Å². The second-order valence-corrected chi connectivity index (χ2v) is 9.50. The Balaban J connectivity index is 4.10. The topological polar surface area (TPSA) is 75.6 Å². The van der Waals surface area contributed by atoms with E-state index in [0.717, 1.165) is 38.5 Å². The molecule has 1 amide bonds. The Bertz CT molecular complexity index is 658. The highest BCUT2D eigenvalue weighted by Crippen LogP contribution is 2.25. The van der Waals surface area contributed by atoms with Crippen molar-refractivity contribution < 1.29 is 19.1 Å². The quantitative estimate of drug-likeness (QED) is 0.133. The van der Waals surface area contributed by atoms with Crippen molar-refractivity contribution in [3.63, 3.8) is 0 Å².